The molecule has 1 aromatic rings. The molecule has 0 saturated heterocycles. The molecule has 90 valence electrons. The molecule has 0 atom stereocenters. The lowest BCUT2D eigenvalue weighted by atomic mass is 10.1. The van der Waals surface area contributed by atoms with Crippen molar-refractivity contribution >= 4 is 22.6 Å². The van der Waals surface area contributed by atoms with Crippen molar-refractivity contribution in [3.63, 3.8) is 0 Å². The SMILES string of the molecule is C=C/N=C(\SC)c1cc(C)cc(C(=C)OC)c1. The predicted octanol–water partition coefficient (Wildman–Crippen LogP) is 3.87. The van der Waals surface area contributed by atoms with Crippen LogP contribution in [0.25, 0.3) is 5.76 Å². The molecule has 0 saturated carbocycles. The maximum atomic E-state index is 5.16. The minimum absolute atomic E-state index is 0.661. The van der Waals surface area contributed by atoms with Gasteiger partial charge >= 0.3 is 0 Å². The largest absolute Gasteiger partial charge is 0.497 e. The fourth-order valence-corrected chi connectivity index (χ4v) is 2.05. The molecule has 0 amide bonds. The summed E-state index contributed by atoms with van der Waals surface area (Å²) in [6.45, 7) is 9.54. The number of hydrogen-bond acceptors (Lipinski definition) is 3. The van der Waals surface area contributed by atoms with Crippen LogP contribution < -0.4 is 0 Å². The molecule has 2 nitrogen and oxygen atoms in total. The van der Waals surface area contributed by atoms with Crippen LogP contribution in [0, 0.1) is 6.92 Å². The fraction of sp³-hybridized carbons (Fsp3) is 0.214. The molecule has 0 aromatic heterocycles. The monoisotopic (exact) mass is 247 g/mol. The highest BCUT2D eigenvalue weighted by molar-refractivity contribution is 8.13. The van der Waals surface area contributed by atoms with Gasteiger partial charge in [0, 0.05) is 17.3 Å². The molecule has 0 N–H and O–H groups in total. The average Bonchev–Trinajstić information content (AvgIpc) is 2.34. The van der Waals surface area contributed by atoms with Crippen molar-refractivity contribution in [3.05, 3.63) is 54.2 Å². The van der Waals surface area contributed by atoms with Gasteiger partial charge in [-0.3, -0.25) is 0 Å². The van der Waals surface area contributed by atoms with Gasteiger partial charge in [0.05, 0.1) is 7.11 Å². The lowest BCUT2D eigenvalue weighted by molar-refractivity contribution is 0.371. The van der Waals surface area contributed by atoms with Gasteiger partial charge in [0.1, 0.15) is 10.8 Å². The minimum Gasteiger partial charge on any atom is -0.497 e. The highest BCUT2D eigenvalue weighted by Crippen LogP contribution is 2.20. The summed E-state index contributed by atoms with van der Waals surface area (Å²) < 4.78 is 5.16. The fourth-order valence-electron chi connectivity index (χ4n) is 1.51. The number of nitrogens with zero attached hydrogens (tertiary/aromatic N) is 1. The van der Waals surface area contributed by atoms with E-state index in [4.69, 9.17) is 4.74 Å². The van der Waals surface area contributed by atoms with Crippen LogP contribution in [-0.2, 0) is 4.74 Å². The Balaban J connectivity index is 3.25. The number of thioether (sulfide) groups is 1. The number of methoxy groups -OCH3 is 1. The van der Waals surface area contributed by atoms with Crippen LogP contribution in [0.4, 0.5) is 0 Å². The Morgan fingerprint density at radius 2 is 2.00 bits per heavy atom. The zero-order valence-corrected chi connectivity index (χ0v) is 11.3. The first-order valence-electron chi connectivity index (χ1n) is 5.20. The summed E-state index contributed by atoms with van der Waals surface area (Å²) in [5.74, 6) is 0.661. The summed E-state index contributed by atoms with van der Waals surface area (Å²) in [6, 6.07) is 6.16. The van der Waals surface area contributed by atoms with Crippen LogP contribution >= 0.6 is 11.8 Å². The molecule has 0 unspecified atom stereocenters. The van der Waals surface area contributed by atoms with E-state index >= 15 is 0 Å². The Kier molecular flexibility index (Phi) is 5.04. The van der Waals surface area contributed by atoms with Crippen molar-refractivity contribution < 1.29 is 4.74 Å². The standard InChI is InChI=1S/C14H17NOS/c1-6-15-14(17-5)13-8-10(2)7-12(9-13)11(3)16-4/h6-9H,1,3H2,2,4-5H3/b15-14-. The quantitative estimate of drug-likeness (QED) is 0.458. The third-order valence-electron chi connectivity index (χ3n) is 2.29. The van der Waals surface area contributed by atoms with Crippen LogP contribution in [0.1, 0.15) is 16.7 Å². The van der Waals surface area contributed by atoms with E-state index in [1.807, 2.05) is 25.3 Å². The van der Waals surface area contributed by atoms with E-state index < -0.39 is 0 Å². The molecule has 1 aromatic carbocycles. The maximum Gasteiger partial charge on any atom is 0.118 e. The summed E-state index contributed by atoms with van der Waals surface area (Å²) in [6.07, 6.45) is 3.55. The molecule has 0 radical (unpaired) electrons. The van der Waals surface area contributed by atoms with E-state index in [9.17, 15) is 0 Å². The predicted molar refractivity (Wildman–Crippen MR) is 77.5 cm³/mol. The summed E-state index contributed by atoms with van der Waals surface area (Å²) in [5, 5.41) is 0.939. The van der Waals surface area contributed by atoms with E-state index in [-0.39, 0.29) is 0 Å². The molecule has 0 spiro atoms. The highest BCUT2D eigenvalue weighted by atomic mass is 32.2. The Hall–Kier alpha value is -1.48. The normalized spacial score (nSPS) is 11.1. The van der Waals surface area contributed by atoms with Gasteiger partial charge in [-0.15, -0.1) is 11.8 Å². The smallest absolute Gasteiger partial charge is 0.118 e. The molecule has 0 heterocycles. The first kappa shape index (κ1) is 13.6. The molecule has 0 aliphatic carbocycles. The molecule has 1 rings (SSSR count). The second kappa shape index (κ2) is 6.30. The summed E-state index contributed by atoms with van der Waals surface area (Å²) >= 11 is 1.59. The molecule has 3 heteroatoms. The van der Waals surface area contributed by atoms with Crippen molar-refractivity contribution in [3.8, 4) is 0 Å². The van der Waals surface area contributed by atoms with Gasteiger partial charge in [-0.25, -0.2) is 4.99 Å². The Bertz CT molecular complexity index is 463. The Labute approximate surface area is 107 Å². The molecular weight excluding hydrogens is 230 g/mol. The topological polar surface area (TPSA) is 21.6 Å². The second-order valence-corrected chi connectivity index (χ2v) is 4.33. The van der Waals surface area contributed by atoms with E-state index in [0.29, 0.717) is 5.76 Å². The number of benzene rings is 1. The van der Waals surface area contributed by atoms with Gasteiger partial charge in [-0.1, -0.05) is 13.2 Å². The summed E-state index contributed by atoms with van der Waals surface area (Å²) in [5.41, 5.74) is 3.19. The Morgan fingerprint density at radius 3 is 2.53 bits per heavy atom. The third kappa shape index (κ3) is 3.49. The van der Waals surface area contributed by atoms with Gasteiger partial charge in [0.25, 0.3) is 0 Å². The molecule has 17 heavy (non-hydrogen) atoms. The van der Waals surface area contributed by atoms with Gasteiger partial charge in [0.15, 0.2) is 0 Å². The first-order valence-corrected chi connectivity index (χ1v) is 6.43. The van der Waals surface area contributed by atoms with Crippen LogP contribution in [0.5, 0.6) is 0 Å². The summed E-state index contributed by atoms with van der Waals surface area (Å²) in [7, 11) is 1.62. The highest BCUT2D eigenvalue weighted by Gasteiger charge is 2.06. The maximum absolute atomic E-state index is 5.16. The summed E-state index contributed by atoms with van der Waals surface area (Å²) in [4.78, 5) is 4.25. The van der Waals surface area contributed by atoms with E-state index in [1.54, 1.807) is 25.1 Å². The molecule has 0 fully saturated rings. The van der Waals surface area contributed by atoms with Crippen LogP contribution in [0.2, 0.25) is 0 Å². The van der Waals surface area contributed by atoms with Crippen molar-refractivity contribution in [2.24, 2.45) is 4.99 Å². The van der Waals surface area contributed by atoms with Gasteiger partial charge in [-0.2, -0.15) is 0 Å². The Morgan fingerprint density at radius 1 is 1.35 bits per heavy atom. The zero-order chi connectivity index (χ0) is 12.8. The third-order valence-corrected chi connectivity index (χ3v) is 3.02. The van der Waals surface area contributed by atoms with Crippen LogP contribution in [-0.4, -0.2) is 18.4 Å². The number of aliphatic imine (C=N–C) groups is 1. The van der Waals surface area contributed by atoms with Crippen LogP contribution in [0.3, 0.4) is 0 Å². The van der Waals surface area contributed by atoms with E-state index in [1.165, 1.54) is 0 Å². The molecule has 0 aliphatic heterocycles. The molecule has 0 aliphatic rings. The lowest BCUT2D eigenvalue weighted by Crippen LogP contribution is -1.97. The van der Waals surface area contributed by atoms with E-state index in [0.717, 1.165) is 21.7 Å². The van der Waals surface area contributed by atoms with E-state index in [2.05, 4.69) is 24.2 Å². The lowest BCUT2D eigenvalue weighted by Gasteiger charge is -2.09. The van der Waals surface area contributed by atoms with Gasteiger partial charge < -0.3 is 4.74 Å². The van der Waals surface area contributed by atoms with Gasteiger partial charge in [-0.05, 0) is 36.9 Å². The average molecular weight is 247 g/mol. The number of aryl methyl sites for hydroxylation is 1. The number of ether oxygens (including phenoxy) is 1. The van der Waals surface area contributed by atoms with Gasteiger partial charge in [0.2, 0.25) is 0 Å². The first-order chi connectivity index (χ1) is 8.12. The number of rotatable bonds is 4. The van der Waals surface area contributed by atoms with Crippen molar-refractivity contribution in [2.75, 3.05) is 13.4 Å². The van der Waals surface area contributed by atoms with Crippen LogP contribution in [0.15, 0.2) is 42.5 Å². The van der Waals surface area contributed by atoms with Crippen molar-refractivity contribution in [1.29, 1.82) is 0 Å². The number of hydrogen-bond donors (Lipinski definition) is 0. The van der Waals surface area contributed by atoms with Crippen molar-refractivity contribution in [2.45, 2.75) is 6.92 Å². The zero-order valence-electron chi connectivity index (χ0n) is 10.5. The van der Waals surface area contributed by atoms with Crippen molar-refractivity contribution in [1.82, 2.24) is 0 Å². The molecular formula is C14H17NOS. The molecule has 0 bridgehead atoms. The minimum atomic E-state index is 0.661. The second-order valence-electron chi connectivity index (χ2n) is 3.54.